The molecule has 0 bridgehead atoms. The van der Waals surface area contributed by atoms with Crippen LogP contribution in [0.1, 0.15) is 0 Å². The van der Waals surface area contributed by atoms with E-state index in [1.54, 1.807) is 0 Å². The number of carbonyl (C=O) groups excluding carboxylic acids is 2. The third-order valence-corrected chi connectivity index (χ3v) is 7.73. The van der Waals surface area contributed by atoms with E-state index in [9.17, 15) is 36.3 Å². The summed E-state index contributed by atoms with van der Waals surface area (Å²) in [5.41, 5.74) is -0.794. The van der Waals surface area contributed by atoms with Crippen LogP contribution < -0.4 is 15.7 Å². The lowest BCUT2D eigenvalue weighted by molar-refractivity contribution is -0.199. The van der Waals surface area contributed by atoms with Crippen molar-refractivity contribution in [3.05, 3.63) is 45.9 Å². The van der Waals surface area contributed by atoms with E-state index in [0.717, 1.165) is 16.4 Å². The second-order valence-electron chi connectivity index (χ2n) is 6.98. The van der Waals surface area contributed by atoms with Gasteiger partial charge in [0, 0.05) is 30.7 Å². The molecule has 2 aromatic carbocycles. The summed E-state index contributed by atoms with van der Waals surface area (Å²) in [7, 11) is -4.29. The number of sulfonamides is 1. The Kier molecular flexibility index (Phi) is 8.16. The van der Waals surface area contributed by atoms with E-state index in [1.807, 2.05) is 0 Å². The van der Waals surface area contributed by atoms with Crippen LogP contribution >= 0.6 is 27.5 Å². The van der Waals surface area contributed by atoms with Gasteiger partial charge in [-0.2, -0.15) is 17.5 Å². The summed E-state index contributed by atoms with van der Waals surface area (Å²) in [4.78, 5) is 27.9. The molecule has 1 aliphatic heterocycles. The van der Waals surface area contributed by atoms with Gasteiger partial charge in [0.2, 0.25) is 10.0 Å². The van der Waals surface area contributed by atoms with Crippen molar-refractivity contribution in [2.24, 2.45) is 0 Å². The number of carbonyl (C=O) groups is 2. The predicted octanol–water partition coefficient (Wildman–Crippen LogP) is 3.46. The highest BCUT2D eigenvalue weighted by Crippen LogP contribution is 2.39. The second-order valence-corrected chi connectivity index (χ2v) is 10.1. The molecule has 0 unspecified atom stereocenters. The van der Waals surface area contributed by atoms with Crippen LogP contribution in [0.2, 0.25) is 5.02 Å². The number of hydroxylamine groups is 1. The number of aromatic hydroxyl groups is 1. The number of nitrogens with one attached hydrogen (secondary N) is 2. The Morgan fingerprint density at radius 1 is 1.17 bits per heavy atom. The number of hydrogen-bond acceptors (Lipinski definition) is 7. The first-order valence-electron chi connectivity index (χ1n) is 9.71. The number of phenols is 1. The maximum atomic E-state index is 13.1. The van der Waals surface area contributed by atoms with Crippen LogP contribution in [0.25, 0.3) is 0 Å². The molecule has 2 aromatic rings. The molecule has 0 atom stereocenters. The van der Waals surface area contributed by atoms with Gasteiger partial charge < -0.3 is 20.6 Å². The lowest BCUT2D eigenvalue weighted by Crippen LogP contribution is -2.46. The van der Waals surface area contributed by atoms with Gasteiger partial charge in [0.25, 0.3) is 0 Å². The lowest BCUT2D eigenvalue weighted by Gasteiger charge is -2.27. The van der Waals surface area contributed by atoms with E-state index in [4.69, 9.17) is 11.6 Å². The molecule has 0 spiro atoms. The zero-order chi connectivity index (χ0) is 26.0. The Hall–Kier alpha value is -2.59. The summed E-state index contributed by atoms with van der Waals surface area (Å²) in [5.74, 6) is -3.63. The molecule has 1 saturated heterocycles. The zero-order valence-corrected chi connectivity index (χ0v) is 20.6. The van der Waals surface area contributed by atoms with E-state index >= 15 is 0 Å². The molecule has 1 heterocycles. The van der Waals surface area contributed by atoms with Gasteiger partial charge in [0.05, 0.1) is 10.7 Å². The molecule has 190 valence electrons. The number of halogens is 5. The summed E-state index contributed by atoms with van der Waals surface area (Å²) in [6.07, 6.45) is -5.42. The Bertz CT molecular complexity index is 1240. The number of urea groups is 1. The first kappa shape index (κ1) is 27.0. The summed E-state index contributed by atoms with van der Waals surface area (Å²) in [6.45, 7) is 0.912. The summed E-state index contributed by atoms with van der Waals surface area (Å²) in [5, 5.41) is 15.4. The van der Waals surface area contributed by atoms with Crippen LogP contribution in [0.5, 0.6) is 5.75 Å². The van der Waals surface area contributed by atoms with Gasteiger partial charge in [-0.25, -0.2) is 18.0 Å². The number of hydrogen-bond donors (Lipinski definition) is 3. The quantitative estimate of drug-likeness (QED) is 0.362. The molecule has 0 radical (unpaired) electrons. The number of para-hydroxylation sites is 1. The lowest BCUT2D eigenvalue weighted by atomic mass is 10.3. The number of rotatable bonds is 4. The number of phenolic OH excluding ortho intramolecular Hbond substituents is 1. The van der Waals surface area contributed by atoms with Crippen molar-refractivity contribution < 1.29 is 41.1 Å². The van der Waals surface area contributed by atoms with Crippen LogP contribution in [0, 0.1) is 0 Å². The third-order valence-electron chi connectivity index (χ3n) is 4.66. The van der Waals surface area contributed by atoms with Gasteiger partial charge in [0.1, 0.15) is 10.6 Å². The van der Waals surface area contributed by atoms with E-state index in [2.05, 4.69) is 31.4 Å². The van der Waals surface area contributed by atoms with Crippen molar-refractivity contribution in [1.82, 2.24) is 9.62 Å². The molecular weight excluding hydrogens is 585 g/mol. The molecule has 3 rings (SSSR count). The second kappa shape index (κ2) is 10.6. The zero-order valence-electron chi connectivity index (χ0n) is 17.5. The molecule has 3 N–H and O–H groups in total. The first-order chi connectivity index (χ1) is 16.3. The highest BCUT2D eigenvalue weighted by molar-refractivity contribution is 9.10. The number of nitrogens with zero attached hydrogens (tertiary/aromatic N) is 2. The Balaban J connectivity index is 1.98. The van der Waals surface area contributed by atoms with Gasteiger partial charge >= 0.3 is 18.2 Å². The fourth-order valence-corrected chi connectivity index (χ4v) is 5.50. The fraction of sp³-hybridized carbons (Fsp3) is 0.263. The van der Waals surface area contributed by atoms with E-state index in [0.29, 0.717) is 13.1 Å². The topological polar surface area (TPSA) is 128 Å². The standard InChI is InChI=1S/C19H17BrClF3N4O6S/c20-11-3-1-2-4-14(11)28(34-17(30)19(22,23)24)18(31)26-13-6-5-12(21)16(15(13)29)35(32,33)27-9-7-25-8-10-27/h1-6,25,29H,7-10H2,(H,26,31). The van der Waals surface area contributed by atoms with Crippen molar-refractivity contribution >= 4 is 60.9 Å². The minimum atomic E-state index is -5.42. The largest absolute Gasteiger partial charge is 0.504 e. The molecule has 1 fully saturated rings. The summed E-state index contributed by atoms with van der Waals surface area (Å²) in [6, 6.07) is 6.07. The van der Waals surface area contributed by atoms with Gasteiger partial charge in [-0.05, 0) is 40.2 Å². The van der Waals surface area contributed by atoms with Crippen LogP contribution in [0.3, 0.4) is 0 Å². The first-order valence-corrected chi connectivity index (χ1v) is 12.3. The van der Waals surface area contributed by atoms with Crippen molar-refractivity contribution in [3.63, 3.8) is 0 Å². The fourth-order valence-electron chi connectivity index (χ4n) is 3.02. The SMILES string of the molecule is O=C(Nc1ccc(Cl)c(S(=O)(=O)N2CCNCC2)c1O)N(OC(=O)C(F)(F)F)c1ccccc1Br. The van der Waals surface area contributed by atoms with Gasteiger partial charge in [-0.15, -0.1) is 5.06 Å². The Labute approximate surface area is 210 Å². The molecule has 0 aliphatic carbocycles. The van der Waals surface area contributed by atoms with E-state index in [-0.39, 0.29) is 33.3 Å². The molecule has 35 heavy (non-hydrogen) atoms. The number of alkyl halides is 3. The number of anilines is 2. The monoisotopic (exact) mass is 600 g/mol. The third kappa shape index (κ3) is 5.98. The van der Waals surface area contributed by atoms with Crippen LogP contribution in [0.4, 0.5) is 29.3 Å². The average Bonchev–Trinajstić information content (AvgIpc) is 2.79. The van der Waals surface area contributed by atoms with E-state index < -0.39 is 44.5 Å². The number of benzene rings is 2. The molecular formula is C19H17BrClF3N4O6S. The minimum Gasteiger partial charge on any atom is -0.504 e. The van der Waals surface area contributed by atoms with Crippen molar-refractivity contribution in [1.29, 1.82) is 0 Å². The van der Waals surface area contributed by atoms with Crippen molar-refractivity contribution in [2.75, 3.05) is 36.6 Å². The van der Waals surface area contributed by atoms with Gasteiger partial charge in [0.15, 0.2) is 5.75 Å². The predicted molar refractivity (Wildman–Crippen MR) is 123 cm³/mol. The van der Waals surface area contributed by atoms with Crippen molar-refractivity contribution in [2.45, 2.75) is 11.1 Å². The molecule has 0 aromatic heterocycles. The molecule has 0 saturated carbocycles. The van der Waals surface area contributed by atoms with Crippen LogP contribution in [0.15, 0.2) is 45.8 Å². The molecule has 16 heteroatoms. The maximum absolute atomic E-state index is 13.1. The minimum absolute atomic E-state index is 0.0123. The van der Waals surface area contributed by atoms with Gasteiger partial charge in [-0.1, -0.05) is 23.7 Å². The maximum Gasteiger partial charge on any atom is 0.493 e. The van der Waals surface area contributed by atoms with Gasteiger partial charge in [-0.3, -0.25) is 0 Å². The number of amides is 2. The molecule has 2 amide bonds. The summed E-state index contributed by atoms with van der Waals surface area (Å²) < 4.78 is 65.7. The number of piperazine rings is 1. The Morgan fingerprint density at radius 3 is 2.40 bits per heavy atom. The average molecular weight is 602 g/mol. The van der Waals surface area contributed by atoms with E-state index in [1.165, 1.54) is 24.3 Å². The van der Waals surface area contributed by atoms with Crippen molar-refractivity contribution in [3.8, 4) is 5.75 Å². The highest BCUT2D eigenvalue weighted by atomic mass is 79.9. The Morgan fingerprint density at radius 2 is 1.80 bits per heavy atom. The van der Waals surface area contributed by atoms with Crippen LogP contribution in [-0.4, -0.2) is 62.2 Å². The molecule has 10 nitrogen and oxygen atoms in total. The van der Waals surface area contributed by atoms with Crippen LogP contribution in [-0.2, 0) is 19.7 Å². The smallest absolute Gasteiger partial charge is 0.493 e. The summed E-state index contributed by atoms with van der Waals surface area (Å²) >= 11 is 9.08. The normalized spacial score (nSPS) is 14.9. The highest BCUT2D eigenvalue weighted by Gasteiger charge is 2.44. The molecule has 1 aliphatic rings.